The fraction of sp³-hybridized carbons (Fsp3) is 0.400. The monoisotopic (exact) mass is 641 g/mol. The number of pyridine rings is 1. The van der Waals surface area contributed by atoms with Gasteiger partial charge in [-0.1, -0.05) is 48.5 Å². The zero-order valence-electron chi connectivity index (χ0n) is 26.3. The summed E-state index contributed by atoms with van der Waals surface area (Å²) >= 11 is 6.60. The van der Waals surface area contributed by atoms with E-state index >= 15 is 4.39 Å². The average molecular weight is 642 g/mol. The van der Waals surface area contributed by atoms with Crippen LogP contribution in [0.25, 0.3) is 37.8 Å². The molecule has 4 aromatic rings. The molecule has 0 spiro atoms. The Morgan fingerprint density at radius 2 is 1.96 bits per heavy atom. The Morgan fingerprint density at radius 1 is 1.17 bits per heavy atom. The number of fused-ring (bicyclic) bond motifs is 2. The number of halogens is 2. The molecule has 0 saturated carbocycles. The van der Waals surface area contributed by atoms with Crippen molar-refractivity contribution < 1.29 is 13.9 Å². The Bertz CT molecular complexity index is 1850. The van der Waals surface area contributed by atoms with Crippen LogP contribution in [0.2, 0.25) is 5.02 Å². The lowest BCUT2D eigenvalue weighted by molar-refractivity contribution is -0.129. The first-order valence-electron chi connectivity index (χ1n) is 15.6. The van der Waals surface area contributed by atoms with Crippen molar-refractivity contribution in [3.8, 4) is 17.3 Å². The summed E-state index contributed by atoms with van der Waals surface area (Å²) in [6, 6.07) is 11.4. The molecule has 9 nitrogen and oxygen atoms in total. The lowest BCUT2D eigenvalue weighted by Crippen LogP contribution is -2.56. The van der Waals surface area contributed by atoms with E-state index in [9.17, 15) is 4.79 Å². The normalized spacial score (nSPS) is 18.8. The number of amides is 1. The lowest BCUT2D eigenvalue weighted by Gasteiger charge is -2.40. The zero-order chi connectivity index (χ0) is 32.5. The molecule has 0 aliphatic carbocycles. The van der Waals surface area contributed by atoms with Gasteiger partial charge in [-0.15, -0.1) is 0 Å². The lowest BCUT2D eigenvalue weighted by atomic mass is 10.0. The van der Waals surface area contributed by atoms with Gasteiger partial charge in [-0.25, -0.2) is 11.0 Å². The van der Waals surface area contributed by atoms with Gasteiger partial charge in [0.25, 0.3) is 0 Å². The highest BCUT2D eigenvalue weighted by Crippen LogP contribution is 2.37. The third-order valence-corrected chi connectivity index (χ3v) is 9.27. The van der Waals surface area contributed by atoms with Crippen molar-refractivity contribution in [2.24, 2.45) is 0 Å². The van der Waals surface area contributed by atoms with Gasteiger partial charge in [0.05, 0.1) is 5.39 Å². The standard InChI is InChI=1S/C35H37ClFN7O2/c1-21(2)34(45)44-16-15-42(19-25(44)17-38-5)33-27-18-39-31(26-12-6-9-23-10-7-13-28(36)29(23)26)30(37)32(27)40-35(41-33)46-20-24-11-8-14-43(24)22(3)4/h6-7,9-10,12-13,18,22,24-25H,1,8,11,14-17,19-20H2,2-4H3/t24-,25-/m0/s1. The summed E-state index contributed by atoms with van der Waals surface area (Å²) in [7, 11) is 0. The number of hydrogen-bond donors (Lipinski definition) is 0. The van der Waals surface area contributed by atoms with Crippen molar-refractivity contribution >= 4 is 45.0 Å². The first-order chi connectivity index (χ1) is 22.2. The van der Waals surface area contributed by atoms with E-state index in [1.54, 1.807) is 30.2 Å². The maximum atomic E-state index is 16.7. The number of likely N-dealkylation sites (tertiary alicyclic amines) is 1. The quantitative estimate of drug-likeness (QED) is 0.163. The summed E-state index contributed by atoms with van der Waals surface area (Å²) in [5.74, 6) is -0.322. The number of ether oxygens (including phenoxy) is 1. The van der Waals surface area contributed by atoms with Gasteiger partial charge in [-0.2, -0.15) is 9.97 Å². The second-order valence-electron chi connectivity index (χ2n) is 12.3. The number of carbonyl (C=O) groups is 1. The number of nitrogens with zero attached hydrogens (tertiary/aromatic N) is 7. The molecule has 2 aromatic heterocycles. The van der Waals surface area contributed by atoms with Crippen molar-refractivity contribution in [2.45, 2.75) is 51.7 Å². The average Bonchev–Trinajstić information content (AvgIpc) is 3.53. The van der Waals surface area contributed by atoms with E-state index in [1.807, 2.05) is 29.2 Å². The van der Waals surface area contributed by atoms with Gasteiger partial charge in [-0.05, 0) is 51.6 Å². The Balaban J connectivity index is 1.44. The number of anilines is 1. The molecule has 4 heterocycles. The zero-order valence-corrected chi connectivity index (χ0v) is 27.1. The minimum atomic E-state index is -0.600. The molecule has 46 heavy (non-hydrogen) atoms. The molecule has 0 N–H and O–H groups in total. The third-order valence-electron chi connectivity index (χ3n) is 8.95. The molecule has 2 aliphatic heterocycles. The van der Waals surface area contributed by atoms with Gasteiger partial charge in [0.2, 0.25) is 12.5 Å². The smallest absolute Gasteiger partial charge is 0.319 e. The summed E-state index contributed by atoms with van der Waals surface area (Å²) in [6.45, 7) is 20.0. The molecule has 2 aromatic carbocycles. The van der Waals surface area contributed by atoms with Crippen molar-refractivity contribution in [3.05, 3.63) is 77.0 Å². The van der Waals surface area contributed by atoms with Gasteiger partial charge in [0, 0.05) is 59.5 Å². The van der Waals surface area contributed by atoms with E-state index in [0.29, 0.717) is 65.0 Å². The van der Waals surface area contributed by atoms with Crippen LogP contribution in [0.1, 0.15) is 33.6 Å². The molecule has 1 amide bonds. The molecular weight excluding hydrogens is 605 g/mol. The van der Waals surface area contributed by atoms with Crippen molar-refractivity contribution in [3.63, 3.8) is 0 Å². The number of aromatic nitrogens is 3. The van der Waals surface area contributed by atoms with E-state index in [4.69, 9.17) is 27.9 Å². The van der Waals surface area contributed by atoms with Gasteiger partial charge in [0.15, 0.2) is 5.82 Å². The van der Waals surface area contributed by atoms with E-state index in [2.05, 4.69) is 40.1 Å². The molecule has 2 saturated heterocycles. The molecule has 2 fully saturated rings. The van der Waals surface area contributed by atoms with E-state index in [0.717, 1.165) is 24.8 Å². The predicted molar refractivity (Wildman–Crippen MR) is 180 cm³/mol. The van der Waals surface area contributed by atoms with Crippen LogP contribution >= 0.6 is 11.6 Å². The highest BCUT2D eigenvalue weighted by molar-refractivity contribution is 6.36. The molecular formula is C35H37ClFN7O2. The van der Waals surface area contributed by atoms with Gasteiger partial charge < -0.3 is 19.4 Å². The minimum absolute atomic E-state index is 0.0762. The van der Waals surface area contributed by atoms with E-state index < -0.39 is 11.9 Å². The van der Waals surface area contributed by atoms with Crippen LogP contribution in [0.3, 0.4) is 0 Å². The van der Waals surface area contributed by atoms with Crippen LogP contribution in [0.15, 0.2) is 54.7 Å². The summed E-state index contributed by atoms with van der Waals surface area (Å²) < 4.78 is 23.0. The minimum Gasteiger partial charge on any atom is -0.462 e. The van der Waals surface area contributed by atoms with Crippen molar-refractivity contribution in [2.75, 3.05) is 44.2 Å². The van der Waals surface area contributed by atoms with Crippen LogP contribution < -0.4 is 9.64 Å². The maximum Gasteiger partial charge on any atom is 0.319 e. The third kappa shape index (κ3) is 5.97. The topological polar surface area (TPSA) is 79.1 Å². The summed E-state index contributed by atoms with van der Waals surface area (Å²) in [4.78, 5) is 36.6. The Labute approximate surface area is 273 Å². The second kappa shape index (κ2) is 13.2. The molecule has 0 bridgehead atoms. The molecule has 2 atom stereocenters. The van der Waals surface area contributed by atoms with E-state index in [-0.39, 0.29) is 35.7 Å². The molecule has 2 aliphatic rings. The highest BCUT2D eigenvalue weighted by atomic mass is 35.5. The van der Waals surface area contributed by atoms with Crippen LogP contribution in [0.4, 0.5) is 10.2 Å². The first-order valence-corrected chi connectivity index (χ1v) is 16.0. The maximum absolute atomic E-state index is 16.7. The molecule has 238 valence electrons. The van der Waals surface area contributed by atoms with Crippen LogP contribution in [-0.4, -0.2) is 88.1 Å². The fourth-order valence-corrected chi connectivity index (χ4v) is 7.00. The van der Waals surface area contributed by atoms with Gasteiger partial charge in [0.1, 0.15) is 29.7 Å². The predicted octanol–water partition coefficient (Wildman–Crippen LogP) is 6.40. The number of rotatable bonds is 8. The van der Waals surface area contributed by atoms with Crippen LogP contribution in [0, 0.1) is 12.4 Å². The van der Waals surface area contributed by atoms with Crippen molar-refractivity contribution in [1.82, 2.24) is 24.8 Å². The van der Waals surface area contributed by atoms with Crippen molar-refractivity contribution in [1.29, 1.82) is 0 Å². The van der Waals surface area contributed by atoms with Crippen LogP contribution in [-0.2, 0) is 4.79 Å². The van der Waals surface area contributed by atoms with Gasteiger partial charge >= 0.3 is 6.01 Å². The molecule has 6 rings (SSSR count). The molecule has 0 radical (unpaired) electrons. The Morgan fingerprint density at radius 3 is 2.70 bits per heavy atom. The summed E-state index contributed by atoms with van der Waals surface area (Å²) in [5, 5.41) is 2.50. The number of benzene rings is 2. The van der Waals surface area contributed by atoms with E-state index in [1.165, 1.54) is 0 Å². The summed E-state index contributed by atoms with van der Waals surface area (Å²) in [6.07, 6.45) is 3.68. The Hall–Kier alpha value is -4.33. The summed E-state index contributed by atoms with van der Waals surface area (Å²) in [5.41, 5.74) is 1.20. The van der Waals surface area contributed by atoms with Gasteiger partial charge in [-0.3, -0.25) is 14.7 Å². The fourth-order valence-electron chi connectivity index (χ4n) is 6.72. The molecule has 0 unspecified atom stereocenters. The Kier molecular flexibility index (Phi) is 9.07. The number of hydrogen-bond acceptors (Lipinski definition) is 7. The van der Waals surface area contributed by atoms with Crippen LogP contribution in [0.5, 0.6) is 6.01 Å². The number of piperazine rings is 1. The number of carbonyl (C=O) groups excluding carboxylic acids is 1. The first kappa shape index (κ1) is 31.6. The largest absolute Gasteiger partial charge is 0.462 e. The second-order valence-corrected chi connectivity index (χ2v) is 12.7. The SMILES string of the molecule is [C-]#[N+]C[C@H]1CN(c2nc(OC[C@@H]3CCCN3C(C)C)nc3c(F)c(-c4cccc5cccc(Cl)c45)ncc23)CCN1C(=O)C(=C)C. The molecule has 11 heteroatoms. The highest BCUT2D eigenvalue weighted by Gasteiger charge is 2.35.